The molecule has 0 spiro atoms. The Labute approximate surface area is 155 Å². The van der Waals surface area contributed by atoms with Crippen molar-refractivity contribution in [1.29, 1.82) is 0 Å². The van der Waals surface area contributed by atoms with Crippen LogP contribution in [0.2, 0.25) is 0 Å². The monoisotopic (exact) mass is 362 g/mol. The molecule has 0 aromatic heterocycles. The summed E-state index contributed by atoms with van der Waals surface area (Å²) in [6.45, 7) is 3.48. The maximum Gasteiger partial charge on any atom is 0.229 e. The number of rotatable bonds is 10. The number of amides is 1. The highest BCUT2D eigenvalue weighted by Gasteiger charge is 2.30. The number of hydrogen-bond acceptors (Lipinski definition) is 4. The fraction of sp³-hybridized carbons (Fsp3) is 0.579. The Morgan fingerprint density at radius 2 is 2.04 bits per heavy atom. The van der Waals surface area contributed by atoms with Crippen LogP contribution in [-0.2, 0) is 14.3 Å². The van der Waals surface area contributed by atoms with Crippen LogP contribution in [0.5, 0.6) is 0 Å². The van der Waals surface area contributed by atoms with Crippen molar-refractivity contribution in [1.82, 2.24) is 10.6 Å². The first-order valence-electron chi connectivity index (χ1n) is 9.14. The highest BCUT2D eigenvalue weighted by Crippen LogP contribution is 2.20. The van der Waals surface area contributed by atoms with E-state index in [2.05, 4.69) is 15.6 Å². The van der Waals surface area contributed by atoms with E-state index >= 15 is 0 Å². The first kappa shape index (κ1) is 20.2. The van der Waals surface area contributed by atoms with Crippen molar-refractivity contribution in [2.24, 2.45) is 4.99 Å². The smallest absolute Gasteiger partial charge is 0.229 e. The van der Waals surface area contributed by atoms with Gasteiger partial charge < -0.3 is 25.0 Å². The van der Waals surface area contributed by atoms with Gasteiger partial charge in [-0.05, 0) is 25.0 Å². The van der Waals surface area contributed by atoms with Crippen molar-refractivity contribution >= 4 is 17.6 Å². The highest BCUT2D eigenvalue weighted by atomic mass is 16.5. The molecule has 0 bridgehead atoms. The van der Waals surface area contributed by atoms with Gasteiger partial charge in [-0.2, -0.15) is 0 Å². The van der Waals surface area contributed by atoms with Gasteiger partial charge in [0.2, 0.25) is 5.91 Å². The summed E-state index contributed by atoms with van der Waals surface area (Å²) in [7, 11) is 3.41. The lowest BCUT2D eigenvalue weighted by Crippen LogP contribution is -2.44. The van der Waals surface area contributed by atoms with Gasteiger partial charge >= 0.3 is 0 Å². The molecule has 0 aliphatic carbocycles. The Bertz CT molecular complexity index is 565. The lowest BCUT2D eigenvalue weighted by molar-refractivity contribution is -0.117. The zero-order valence-corrected chi connectivity index (χ0v) is 15.7. The minimum atomic E-state index is 0.0614. The Morgan fingerprint density at radius 1 is 1.23 bits per heavy atom. The molecule has 2 N–H and O–H groups in total. The first-order chi connectivity index (χ1) is 12.7. The second kappa shape index (κ2) is 11.5. The third-order valence-corrected chi connectivity index (χ3v) is 4.20. The molecule has 2 rings (SSSR count). The second-order valence-electron chi connectivity index (χ2n) is 6.20. The summed E-state index contributed by atoms with van der Waals surface area (Å²) in [4.78, 5) is 18.3. The van der Waals surface area contributed by atoms with Crippen LogP contribution in [0, 0.1) is 0 Å². The normalized spacial score (nSPS) is 17.6. The quantitative estimate of drug-likeness (QED) is 0.374. The largest absolute Gasteiger partial charge is 0.382 e. The number of nitrogens with one attached hydrogen (secondary N) is 2. The Kier molecular flexibility index (Phi) is 8.92. The average Bonchev–Trinajstić information content (AvgIpc) is 3.03. The molecule has 1 saturated heterocycles. The van der Waals surface area contributed by atoms with Gasteiger partial charge in [-0.1, -0.05) is 18.2 Å². The Balaban J connectivity index is 1.66. The van der Waals surface area contributed by atoms with E-state index in [4.69, 9.17) is 9.47 Å². The molecule has 1 aliphatic rings. The van der Waals surface area contributed by atoms with Gasteiger partial charge in [-0.3, -0.25) is 9.79 Å². The number of carbonyl (C=O) groups excluding carboxylic acids is 1. The van der Waals surface area contributed by atoms with E-state index in [0.717, 1.165) is 37.6 Å². The zero-order chi connectivity index (χ0) is 18.6. The van der Waals surface area contributed by atoms with E-state index in [9.17, 15) is 4.79 Å². The molecule has 1 aromatic carbocycles. The number of unbranched alkanes of at least 4 members (excludes halogenated alkanes) is 1. The summed E-state index contributed by atoms with van der Waals surface area (Å²) in [6, 6.07) is 9.83. The first-order valence-corrected chi connectivity index (χ1v) is 9.14. The predicted molar refractivity (Wildman–Crippen MR) is 104 cm³/mol. The number of carbonyl (C=O) groups is 1. The van der Waals surface area contributed by atoms with E-state index in [1.54, 1.807) is 14.2 Å². The summed E-state index contributed by atoms with van der Waals surface area (Å²) in [5.41, 5.74) is 0.943. The van der Waals surface area contributed by atoms with Crippen LogP contribution in [0.15, 0.2) is 35.3 Å². The molecule has 1 atom stereocenters. The summed E-state index contributed by atoms with van der Waals surface area (Å²) in [5, 5.41) is 6.64. The van der Waals surface area contributed by atoms with Gasteiger partial charge in [0.05, 0.1) is 19.3 Å². The molecule has 0 saturated carbocycles. The van der Waals surface area contributed by atoms with Gasteiger partial charge in [0.15, 0.2) is 5.96 Å². The summed E-state index contributed by atoms with van der Waals surface area (Å²) in [5.74, 6) is 0.871. The van der Waals surface area contributed by atoms with Crippen molar-refractivity contribution < 1.29 is 14.3 Å². The SMILES string of the molecule is CN=C(NCCCCOCCOC)NC1CC(=O)N(c2ccccc2)C1. The van der Waals surface area contributed by atoms with Crippen LogP contribution in [0.4, 0.5) is 5.69 Å². The number of ether oxygens (including phenoxy) is 2. The minimum Gasteiger partial charge on any atom is -0.382 e. The van der Waals surface area contributed by atoms with Crippen molar-refractivity contribution in [2.45, 2.75) is 25.3 Å². The van der Waals surface area contributed by atoms with Gasteiger partial charge in [0.25, 0.3) is 0 Å². The van der Waals surface area contributed by atoms with Crippen molar-refractivity contribution in [3.8, 4) is 0 Å². The van der Waals surface area contributed by atoms with E-state index in [1.165, 1.54) is 0 Å². The topological polar surface area (TPSA) is 75.2 Å². The molecule has 1 fully saturated rings. The number of para-hydroxylation sites is 1. The summed E-state index contributed by atoms with van der Waals surface area (Å²) >= 11 is 0. The standard InChI is InChI=1S/C19H30N4O3/c1-20-19(21-10-6-7-11-26-13-12-25-2)22-16-14-18(24)23(15-16)17-8-4-3-5-9-17/h3-5,8-9,16H,6-7,10-15H2,1-2H3,(H2,20,21,22). The molecule has 7 nitrogen and oxygen atoms in total. The van der Waals surface area contributed by atoms with Gasteiger partial charge in [-0.15, -0.1) is 0 Å². The van der Waals surface area contributed by atoms with E-state index in [-0.39, 0.29) is 11.9 Å². The summed E-state index contributed by atoms with van der Waals surface area (Å²) < 4.78 is 10.4. The lowest BCUT2D eigenvalue weighted by Gasteiger charge is -2.19. The minimum absolute atomic E-state index is 0.0614. The molecule has 26 heavy (non-hydrogen) atoms. The Hall–Kier alpha value is -2.12. The van der Waals surface area contributed by atoms with Gasteiger partial charge in [0, 0.05) is 46.0 Å². The second-order valence-corrected chi connectivity index (χ2v) is 6.20. The van der Waals surface area contributed by atoms with Crippen LogP contribution in [-0.4, -0.2) is 65.0 Å². The number of hydrogen-bond donors (Lipinski definition) is 2. The van der Waals surface area contributed by atoms with E-state index in [1.807, 2.05) is 35.2 Å². The molecule has 1 aromatic rings. The van der Waals surface area contributed by atoms with Gasteiger partial charge in [-0.25, -0.2) is 0 Å². The molecule has 1 amide bonds. The van der Waals surface area contributed by atoms with Crippen molar-refractivity contribution in [3.63, 3.8) is 0 Å². The maximum atomic E-state index is 12.3. The molecular weight excluding hydrogens is 332 g/mol. The summed E-state index contributed by atoms with van der Waals surface area (Å²) in [6.07, 6.45) is 2.45. The fourth-order valence-corrected chi connectivity index (χ4v) is 2.83. The van der Waals surface area contributed by atoms with E-state index in [0.29, 0.717) is 26.2 Å². The third kappa shape index (κ3) is 6.65. The van der Waals surface area contributed by atoms with Crippen molar-refractivity contribution in [2.75, 3.05) is 52.0 Å². The van der Waals surface area contributed by atoms with Crippen molar-refractivity contribution in [3.05, 3.63) is 30.3 Å². The number of aliphatic imine (C=N–C) groups is 1. The molecule has 144 valence electrons. The maximum absolute atomic E-state index is 12.3. The average molecular weight is 362 g/mol. The van der Waals surface area contributed by atoms with Gasteiger partial charge in [0.1, 0.15) is 0 Å². The fourth-order valence-electron chi connectivity index (χ4n) is 2.83. The van der Waals surface area contributed by atoms with E-state index < -0.39 is 0 Å². The highest BCUT2D eigenvalue weighted by molar-refractivity contribution is 5.97. The Morgan fingerprint density at radius 3 is 2.77 bits per heavy atom. The number of benzene rings is 1. The number of nitrogens with zero attached hydrogens (tertiary/aromatic N) is 2. The van der Waals surface area contributed by atoms with Crippen LogP contribution >= 0.6 is 0 Å². The molecule has 1 heterocycles. The van der Waals surface area contributed by atoms with Crippen LogP contribution < -0.4 is 15.5 Å². The molecule has 7 heteroatoms. The molecule has 0 radical (unpaired) electrons. The van der Waals surface area contributed by atoms with Crippen LogP contribution in [0.25, 0.3) is 0 Å². The molecule has 1 unspecified atom stereocenters. The number of guanidine groups is 1. The zero-order valence-electron chi connectivity index (χ0n) is 15.7. The van der Waals surface area contributed by atoms with Crippen LogP contribution in [0.3, 0.4) is 0 Å². The lowest BCUT2D eigenvalue weighted by atomic mass is 10.2. The molecular formula is C19H30N4O3. The molecule has 1 aliphatic heterocycles. The number of anilines is 1. The predicted octanol–water partition coefficient (Wildman–Crippen LogP) is 1.40. The third-order valence-electron chi connectivity index (χ3n) is 4.20. The number of methoxy groups -OCH3 is 1. The van der Waals surface area contributed by atoms with Crippen LogP contribution in [0.1, 0.15) is 19.3 Å².